The third-order valence-corrected chi connectivity index (χ3v) is 5.92. The number of hydrogen-bond donors (Lipinski definition) is 1. The van der Waals surface area contributed by atoms with E-state index in [4.69, 9.17) is 10.6 Å². The molecule has 0 amide bonds. The molecule has 0 fully saturated rings. The zero-order valence-electron chi connectivity index (χ0n) is 15.2. The lowest BCUT2D eigenvalue weighted by molar-refractivity contribution is 0.291. The summed E-state index contributed by atoms with van der Waals surface area (Å²) in [6.45, 7) is 6.72. The molecule has 0 bridgehead atoms. The third kappa shape index (κ3) is 4.56. The predicted octanol–water partition coefficient (Wildman–Crippen LogP) is 4.01. The Kier molecular flexibility index (Phi) is 6.16. The maximum absolute atomic E-state index is 6.10. The van der Waals surface area contributed by atoms with Gasteiger partial charge in [-0.3, -0.25) is 0 Å². The quantitative estimate of drug-likeness (QED) is 0.463. The van der Waals surface area contributed by atoms with E-state index in [2.05, 4.69) is 53.5 Å². The van der Waals surface area contributed by atoms with Crippen molar-refractivity contribution in [3.05, 3.63) is 51.7 Å². The first-order valence-corrected chi connectivity index (χ1v) is 10.4. The van der Waals surface area contributed by atoms with E-state index in [-0.39, 0.29) is 6.61 Å². The van der Waals surface area contributed by atoms with E-state index in [0.29, 0.717) is 16.9 Å². The van der Waals surface area contributed by atoms with E-state index >= 15 is 0 Å². The Morgan fingerprint density at radius 2 is 2.00 bits per heavy atom. The minimum Gasteiger partial charge on any atom is -0.486 e. The second-order valence-corrected chi connectivity index (χ2v) is 8.04. The Hall–Kier alpha value is -2.06. The lowest BCUT2D eigenvalue weighted by atomic mass is 10.0. The maximum Gasteiger partial charge on any atom is 0.210 e. The second-order valence-electron chi connectivity index (χ2n) is 6.16. The van der Waals surface area contributed by atoms with E-state index < -0.39 is 0 Å². The lowest BCUT2D eigenvalue weighted by Crippen LogP contribution is -2.15. The SMILES string of the molecule is CCc1nc(CSc2nnc(COc3ccc(C(C)C)cc3)n2N)cs1. The number of nitrogens with zero attached hydrogens (tertiary/aromatic N) is 4. The smallest absolute Gasteiger partial charge is 0.210 e. The van der Waals surface area contributed by atoms with Crippen molar-refractivity contribution in [2.75, 3.05) is 5.84 Å². The average molecular weight is 390 g/mol. The summed E-state index contributed by atoms with van der Waals surface area (Å²) in [5.74, 6) is 8.71. The molecule has 0 aliphatic heterocycles. The Labute approximate surface area is 161 Å². The zero-order chi connectivity index (χ0) is 18.5. The number of nitrogens with two attached hydrogens (primary N) is 1. The molecule has 0 saturated heterocycles. The third-order valence-electron chi connectivity index (χ3n) is 3.90. The fraction of sp³-hybridized carbons (Fsp3) is 0.389. The van der Waals surface area contributed by atoms with Crippen LogP contribution in [0.1, 0.15) is 48.8 Å². The van der Waals surface area contributed by atoms with E-state index in [1.54, 1.807) is 11.3 Å². The Morgan fingerprint density at radius 1 is 1.23 bits per heavy atom. The molecule has 3 aromatic rings. The number of thiazole rings is 1. The summed E-state index contributed by atoms with van der Waals surface area (Å²) in [5, 5.41) is 12.2. The second kappa shape index (κ2) is 8.55. The summed E-state index contributed by atoms with van der Waals surface area (Å²) in [7, 11) is 0. The molecular weight excluding hydrogens is 366 g/mol. The van der Waals surface area contributed by atoms with Gasteiger partial charge in [-0.15, -0.1) is 21.5 Å². The van der Waals surface area contributed by atoms with Crippen molar-refractivity contribution in [2.45, 2.75) is 50.6 Å². The van der Waals surface area contributed by atoms with Gasteiger partial charge in [-0.25, -0.2) is 9.66 Å². The molecule has 8 heteroatoms. The highest BCUT2D eigenvalue weighted by atomic mass is 32.2. The van der Waals surface area contributed by atoms with Crippen molar-refractivity contribution in [3.63, 3.8) is 0 Å². The highest BCUT2D eigenvalue weighted by Crippen LogP contribution is 2.23. The van der Waals surface area contributed by atoms with Crippen molar-refractivity contribution in [1.82, 2.24) is 19.9 Å². The van der Waals surface area contributed by atoms with Gasteiger partial charge in [-0.1, -0.05) is 44.7 Å². The number of rotatable bonds is 8. The van der Waals surface area contributed by atoms with Crippen LogP contribution in [0.4, 0.5) is 0 Å². The number of aromatic nitrogens is 4. The molecule has 6 nitrogen and oxygen atoms in total. The largest absolute Gasteiger partial charge is 0.486 e. The summed E-state index contributed by atoms with van der Waals surface area (Å²) in [4.78, 5) is 4.55. The van der Waals surface area contributed by atoms with Crippen molar-refractivity contribution in [1.29, 1.82) is 0 Å². The average Bonchev–Trinajstić information content (AvgIpc) is 3.25. The molecule has 0 atom stereocenters. The van der Waals surface area contributed by atoms with E-state index in [0.717, 1.165) is 28.6 Å². The topological polar surface area (TPSA) is 78.9 Å². The highest BCUT2D eigenvalue weighted by Gasteiger charge is 2.12. The van der Waals surface area contributed by atoms with Gasteiger partial charge in [0.25, 0.3) is 0 Å². The molecular formula is C18H23N5OS2. The molecule has 0 aliphatic rings. The summed E-state index contributed by atoms with van der Waals surface area (Å²) >= 11 is 3.21. The van der Waals surface area contributed by atoms with Crippen LogP contribution in [0.15, 0.2) is 34.8 Å². The summed E-state index contributed by atoms with van der Waals surface area (Å²) in [5.41, 5.74) is 2.33. The van der Waals surface area contributed by atoms with Crippen LogP contribution in [-0.2, 0) is 18.8 Å². The normalized spacial score (nSPS) is 11.2. The minimum atomic E-state index is 0.280. The van der Waals surface area contributed by atoms with Crippen LogP contribution in [0.3, 0.4) is 0 Å². The lowest BCUT2D eigenvalue weighted by Gasteiger charge is -2.08. The van der Waals surface area contributed by atoms with Gasteiger partial charge in [0, 0.05) is 11.1 Å². The van der Waals surface area contributed by atoms with Gasteiger partial charge in [0.2, 0.25) is 5.16 Å². The highest BCUT2D eigenvalue weighted by molar-refractivity contribution is 7.98. The first-order chi connectivity index (χ1) is 12.6. The van der Waals surface area contributed by atoms with Crippen LogP contribution >= 0.6 is 23.1 Å². The maximum atomic E-state index is 6.10. The van der Waals surface area contributed by atoms with Crippen LogP contribution in [0.5, 0.6) is 5.75 Å². The number of benzene rings is 1. The van der Waals surface area contributed by atoms with E-state index in [1.165, 1.54) is 22.0 Å². The summed E-state index contributed by atoms with van der Waals surface area (Å²) < 4.78 is 7.26. The van der Waals surface area contributed by atoms with Crippen molar-refractivity contribution in [2.24, 2.45) is 0 Å². The summed E-state index contributed by atoms with van der Waals surface area (Å²) in [6.07, 6.45) is 0.960. The number of aryl methyl sites for hydroxylation is 1. The molecule has 1 aromatic carbocycles. The van der Waals surface area contributed by atoms with Crippen LogP contribution in [0, 0.1) is 0 Å². The standard InChI is InChI=1S/C18H23N5OS2/c1-4-17-20-14(10-25-17)11-26-18-22-21-16(23(18)19)9-24-15-7-5-13(6-8-15)12(2)3/h5-8,10,12H,4,9,11,19H2,1-3H3. The molecule has 0 spiro atoms. The zero-order valence-corrected chi connectivity index (χ0v) is 16.8. The number of ether oxygens (including phenoxy) is 1. The monoisotopic (exact) mass is 389 g/mol. The van der Waals surface area contributed by atoms with Crippen molar-refractivity contribution in [3.8, 4) is 5.75 Å². The molecule has 26 heavy (non-hydrogen) atoms. The molecule has 0 radical (unpaired) electrons. The first-order valence-electron chi connectivity index (χ1n) is 8.55. The molecule has 2 N–H and O–H groups in total. The van der Waals surface area contributed by atoms with Gasteiger partial charge in [-0.05, 0) is 30.0 Å². The predicted molar refractivity (Wildman–Crippen MR) is 106 cm³/mol. The van der Waals surface area contributed by atoms with Gasteiger partial charge < -0.3 is 10.6 Å². The molecule has 0 aliphatic carbocycles. The molecule has 138 valence electrons. The minimum absolute atomic E-state index is 0.280. The van der Waals surface area contributed by atoms with Crippen molar-refractivity contribution >= 4 is 23.1 Å². The number of nitrogen functional groups attached to an aromatic ring is 1. The van der Waals surface area contributed by atoms with Crippen molar-refractivity contribution < 1.29 is 4.74 Å². The Bertz CT molecular complexity index is 842. The first kappa shape index (κ1) is 18.7. The number of hydrogen-bond acceptors (Lipinski definition) is 7. The van der Waals surface area contributed by atoms with Gasteiger partial charge in [0.1, 0.15) is 12.4 Å². The molecule has 2 heterocycles. The number of thioether (sulfide) groups is 1. The van der Waals surface area contributed by atoms with Gasteiger partial charge in [-0.2, -0.15) is 0 Å². The van der Waals surface area contributed by atoms with E-state index in [9.17, 15) is 0 Å². The molecule has 0 unspecified atom stereocenters. The fourth-order valence-corrected chi connectivity index (χ4v) is 3.94. The molecule has 0 saturated carbocycles. The van der Waals surface area contributed by atoms with Gasteiger partial charge >= 0.3 is 0 Å². The molecule has 3 rings (SSSR count). The van der Waals surface area contributed by atoms with E-state index in [1.807, 2.05) is 12.1 Å². The fourth-order valence-electron chi connectivity index (χ4n) is 2.32. The van der Waals surface area contributed by atoms with Crippen LogP contribution in [0.2, 0.25) is 0 Å². The molecule has 2 aromatic heterocycles. The Morgan fingerprint density at radius 3 is 2.65 bits per heavy atom. The van der Waals surface area contributed by atoms with Crippen LogP contribution in [0.25, 0.3) is 0 Å². The Balaban J connectivity index is 1.56. The van der Waals surface area contributed by atoms with Crippen LogP contribution < -0.4 is 10.6 Å². The van der Waals surface area contributed by atoms with Gasteiger partial charge in [0.15, 0.2) is 5.82 Å². The summed E-state index contributed by atoms with van der Waals surface area (Å²) in [6, 6.07) is 8.09. The van der Waals surface area contributed by atoms with Gasteiger partial charge in [0.05, 0.1) is 10.7 Å². The van der Waals surface area contributed by atoms with Crippen LogP contribution in [-0.4, -0.2) is 19.9 Å².